The van der Waals surface area contributed by atoms with Crippen LogP contribution in [0, 0.1) is 5.82 Å². The molecule has 0 saturated heterocycles. The predicted molar refractivity (Wildman–Crippen MR) is 72.2 cm³/mol. The van der Waals surface area contributed by atoms with Gasteiger partial charge in [0.2, 0.25) is 5.91 Å². The van der Waals surface area contributed by atoms with Crippen molar-refractivity contribution in [2.45, 2.75) is 31.7 Å². The summed E-state index contributed by atoms with van der Waals surface area (Å²) in [6, 6.07) is 4.02. The highest BCUT2D eigenvalue weighted by atomic mass is 19.1. The van der Waals surface area contributed by atoms with Crippen molar-refractivity contribution in [3.63, 3.8) is 0 Å². The molecule has 5 nitrogen and oxygen atoms in total. The van der Waals surface area contributed by atoms with E-state index in [1.807, 2.05) is 0 Å². The minimum absolute atomic E-state index is 0.0219. The summed E-state index contributed by atoms with van der Waals surface area (Å²) in [5.74, 6) is -2.47. The molecule has 1 aromatic carbocycles. The molecule has 1 saturated carbocycles. The summed E-state index contributed by atoms with van der Waals surface area (Å²) in [6.07, 6.45) is 3.98. The van der Waals surface area contributed by atoms with Crippen molar-refractivity contribution >= 4 is 17.7 Å². The van der Waals surface area contributed by atoms with Crippen molar-refractivity contribution in [1.82, 2.24) is 10.2 Å². The number of imide groups is 1. The van der Waals surface area contributed by atoms with Gasteiger partial charge < -0.3 is 5.32 Å². The van der Waals surface area contributed by atoms with Crippen LogP contribution in [0.3, 0.4) is 0 Å². The Labute approximate surface area is 121 Å². The van der Waals surface area contributed by atoms with E-state index < -0.39 is 17.6 Å². The van der Waals surface area contributed by atoms with E-state index >= 15 is 0 Å². The first-order chi connectivity index (χ1) is 10.1. The van der Waals surface area contributed by atoms with E-state index in [9.17, 15) is 18.8 Å². The lowest BCUT2D eigenvalue weighted by Gasteiger charge is -2.16. The number of nitrogens with zero attached hydrogens (tertiary/aromatic N) is 1. The Morgan fingerprint density at radius 1 is 1.24 bits per heavy atom. The van der Waals surface area contributed by atoms with E-state index in [1.165, 1.54) is 12.1 Å². The van der Waals surface area contributed by atoms with Gasteiger partial charge in [-0.15, -0.1) is 0 Å². The van der Waals surface area contributed by atoms with Crippen LogP contribution in [-0.2, 0) is 4.79 Å². The summed E-state index contributed by atoms with van der Waals surface area (Å²) in [6.45, 7) is -0.359. The number of amides is 3. The Hall–Kier alpha value is -2.24. The zero-order valence-corrected chi connectivity index (χ0v) is 11.4. The summed E-state index contributed by atoms with van der Waals surface area (Å²) < 4.78 is 13.7. The van der Waals surface area contributed by atoms with Gasteiger partial charge in [-0.3, -0.25) is 19.3 Å². The molecule has 0 radical (unpaired) electrons. The van der Waals surface area contributed by atoms with E-state index in [4.69, 9.17) is 0 Å². The van der Waals surface area contributed by atoms with Gasteiger partial charge in [0.25, 0.3) is 11.8 Å². The number of nitrogens with one attached hydrogen (secondary N) is 1. The zero-order chi connectivity index (χ0) is 15.0. The molecule has 0 bridgehead atoms. The first kappa shape index (κ1) is 13.7. The molecule has 0 atom stereocenters. The monoisotopic (exact) mass is 290 g/mol. The lowest BCUT2D eigenvalue weighted by molar-refractivity contribution is -0.122. The Morgan fingerprint density at radius 3 is 2.62 bits per heavy atom. The standard InChI is InChI=1S/C15H15FN2O3/c16-11-7-3-6-10-13(11)15(21)18(14(10)20)8-12(19)17-9-4-1-2-5-9/h3,6-7,9H,1-2,4-5,8H2,(H,17,19). The summed E-state index contributed by atoms with van der Waals surface area (Å²) in [5, 5.41) is 2.81. The quantitative estimate of drug-likeness (QED) is 0.857. The Bertz CT molecular complexity index is 623. The number of fused-ring (bicyclic) bond motifs is 1. The molecule has 6 heteroatoms. The fourth-order valence-electron chi connectivity index (χ4n) is 2.92. The van der Waals surface area contributed by atoms with Gasteiger partial charge in [0.05, 0.1) is 11.1 Å². The molecular weight excluding hydrogens is 275 g/mol. The minimum Gasteiger partial charge on any atom is -0.352 e. The lowest BCUT2D eigenvalue weighted by atomic mass is 10.1. The zero-order valence-electron chi connectivity index (χ0n) is 11.4. The molecule has 1 aliphatic heterocycles. The third kappa shape index (κ3) is 2.41. The van der Waals surface area contributed by atoms with Gasteiger partial charge >= 0.3 is 0 Å². The molecule has 21 heavy (non-hydrogen) atoms. The van der Waals surface area contributed by atoms with Crippen molar-refractivity contribution in [3.05, 3.63) is 35.1 Å². The molecule has 0 unspecified atom stereocenters. The summed E-state index contributed by atoms with van der Waals surface area (Å²) in [5.41, 5.74) is -0.218. The molecule has 1 aromatic rings. The van der Waals surface area contributed by atoms with Gasteiger partial charge in [-0.2, -0.15) is 0 Å². The number of hydrogen-bond donors (Lipinski definition) is 1. The number of halogens is 1. The molecule has 0 spiro atoms. The molecule has 1 aliphatic carbocycles. The smallest absolute Gasteiger partial charge is 0.265 e. The average Bonchev–Trinajstić information content (AvgIpc) is 3.03. The third-order valence-corrected chi connectivity index (χ3v) is 3.97. The summed E-state index contributed by atoms with van der Waals surface area (Å²) in [7, 11) is 0. The summed E-state index contributed by atoms with van der Waals surface area (Å²) in [4.78, 5) is 36.9. The van der Waals surface area contributed by atoms with E-state index in [2.05, 4.69) is 5.32 Å². The van der Waals surface area contributed by atoms with Crippen LogP contribution in [-0.4, -0.2) is 35.2 Å². The van der Waals surface area contributed by atoms with Crippen molar-refractivity contribution in [3.8, 4) is 0 Å². The largest absolute Gasteiger partial charge is 0.352 e. The van der Waals surface area contributed by atoms with Gasteiger partial charge in [-0.25, -0.2) is 4.39 Å². The second kappa shape index (κ2) is 5.27. The molecule has 1 heterocycles. The number of carbonyl (C=O) groups is 3. The predicted octanol–water partition coefficient (Wildman–Crippen LogP) is 1.48. The van der Waals surface area contributed by atoms with E-state index in [0.717, 1.165) is 36.6 Å². The molecule has 3 amide bonds. The van der Waals surface area contributed by atoms with Gasteiger partial charge in [0.1, 0.15) is 12.4 Å². The van der Waals surface area contributed by atoms with Gasteiger partial charge in [0, 0.05) is 6.04 Å². The maximum absolute atomic E-state index is 13.7. The second-order valence-electron chi connectivity index (χ2n) is 5.41. The third-order valence-electron chi connectivity index (χ3n) is 3.97. The first-order valence-corrected chi connectivity index (χ1v) is 7.02. The van der Waals surface area contributed by atoms with E-state index in [-0.39, 0.29) is 29.6 Å². The van der Waals surface area contributed by atoms with Crippen LogP contribution in [0.4, 0.5) is 4.39 Å². The number of carbonyl (C=O) groups excluding carboxylic acids is 3. The lowest BCUT2D eigenvalue weighted by Crippen LogP contribution is -2.43. The topological polar surface area (TPSA) is 66.5 Å². The van der Waals surface area contributed by atoms with Gasteiger partial charge in [-0.1, -0.05) is 18.9 Å². The van der Waals surface area contributed by atoms with Crippen molar-refractivity contribution in [2.24, 2.45) is 0 Å². The van der Waals surface area contributed by atoms with Crippen molar-refractivity contribution in [1.29, 1.82) is 0 Å². The van der Waals surface area contributed by atoms with E-state index in [0.29, 0.717) is 0 Å². The highest BCUT2D eigenvalue weighted by Gasteiger charge is 2.38. The van der Waals surface area contributed by atoms with Crippen LogP contribution in [0.5, 0.6) is 0 Å². The SMILES string of the molecule is O=C(CN1C(=O)c2cccc(F)c2C1=O)NC1CCCC1. The van der Waals surface area contributed by atoms with Gasteiger partial charge in [-0.05, 0) is 25.0 Å². The van der Waals surface area contributed by atoms with Crippen LogP contribution in [0.1, 0.15) is 46.4 Å². The normalized spacial score (nSPS) is 18.2. The van der Waals surface area contributed by atoms with Crippen LogP contribution in [0.2, 0.25) is 0 Å². The van der Waals surface area contributed by atoms with Crippen LogP contribution >= 0.6 is 0 Å². The van der Waals surface area contributed by atoms with Crippen LogP contribution < -0.4 is 5.32 Å². The molecule has 2 aliphatic rings. The Kier molecular flexibility index (Phi) is 3.45. The average molecular weight is 290 g/mol. The molecule has 3 rings (SSSR count). The number of rotatable bonds is 3. The fourth-order valence-corrected chi connectivity index (χ4v) is 2.92. The van der Waals surface area contributed by atoms with Crippen LogP contribution in [0.25, 0.3) is 0 Å². The minimum atomic E-state index is -0.741. The highest BCUT2D eigenvalue weighted by molar-refractivity contribution is 6.22. The maximum Gasteiger partial charge on any atom is 0.265 e. The first-order valence-electron chi connectivity index (χ1n) is 7.02. The molecule has 110 valence electrons. The second-order valence-corrected chi connectivity index (χ2v) is 5.41. The molecule has 0 aromatic heterocycles. The summed E-state index contributed by atoms with van der Waals surface area (Å²) >= 11 is 0. The number of benzene rings is 1. The Morgan fingerprint density at radius 2 is 1.95 bits per heavy atom. The van der Waals surface area contributed by atoms with E-state index in [1.54, 1.807) is 0 Å². The maximum atomic E-state index is 13.7. The highest BCUT2D eigenvalue weighted by Crippen LogP contribution is 2.25. The van der Waals surface area contributed by atoms with Crippen LogP contribution in [0.15, 0.2) is 18.2 Å². The van der Waals surface area contributed by atoms with Crippen molar-refractivity contribution in [2.75, 3.05) is 6.54 Å². The van der Waals surface area contributed by atoms with Gasteiger partial charge in [0.15, 0.2) is 0 Å². The molecular formula is C15H15FN2O3. The van der Waals surface area contributed by atoms with Crippen molar-refractivity contribution < 1.29 is 18.8 Å². The molecule has 1 N–H and O–H groups in total. The Balaban J connectivity index is 1.73. The number of hydrogen-bond acceptors (Lipinski definition) is 3. The fraction of sp³-hybridized carbons (Fsp3) is 0.400. The molecule has 1 fully saturated rings.